The summed E-state index contributed by atoms with van der Waals surface area (Å²) in [6, 6.07) is 14.4. The first-order chi connectivity index (χ1) is 13.7. The Balaban J connectivity index is 1.31. The van der Waals surface area contributed by atoms with Gasteiger partial charge < -0.3 is 9.64 Å². The summed E-state index contributed by atoms with van der Waals surface area (Å²) >= 11 is 0. The minimum absolute atomic E-state index is 0.701. The van der Waals surface area contributed by atoms with E-state index in [1.807, 2.05) is 50.4 Å². The molecular weight excluding hydrogens is 352 g/mol. The largest absolute Gasteiger partial charge is 0.494 e. The highest BCUT2D eigenvalue weighted by molar-refractivity contribution is 5.40. The molecule has 1 aliphatic rings. The fraction of sp³-hybridized carbons (Fsp3) is 0.381. The van der Waals surface area contributed by atoms with Crippen LogP contribution < -0.4 is 9.64 Å². The Morgan fingerprint density at radius 1 is 0.893 bits per heavy atom. The molecule has 0 atom stereocenters. The Morgan fingerprint density at radius 3 is 2.21 bits per heavy atom. The number of ether oxygens (including phenoxy) is 1. The number of aryl methyl sites for hydroxylation is 1. The molecule has 0 unspecified atom stereocenters. The molecule has 2 aromatic heterocycles. The minimum Gasteiger partial charge on any atom is -0.494 e. The number of hydrogen-bond donors (Lipinski definition) is 0. The average molecular weight is 378 g/mol. The standard InChI is InChI=1S/C21H26N6O/c1-3-28-19-6-4-18(5-7-19)16-25-12-14-26(15-13-25)20-8-9-21(23-22-20)27-11-10-17(2)24-27/h4-11H,3,12-16H2,1-2H3. The summed E-state index contributed by atoms with van der Waals surface area (Å²) in [6.45, 7) is 9.55. The smallest absolute Gasteiger partial charge is 0.175 e. The van der Waals surface area contributed by atoms with Gasteiger partial charge in [0, 0.05) is 38.9 Å². The summed E-state index contributed by atoms with van der Waals surface area (Å²) in [5.74, 6) is 2.60. The number of hydrogen-bond acceptors (Lipinski definition) is 6. The second-order valence-corrected chi connectivity index (χ2v) is 6.99. The van der Waals surface area contributed by atoms with Crippen molar-refractivity contribution >= 4 is 5.82 Å². The number of piperazine rings is 1. The van der Waals surface area contributed by atoms with Gasteiger partial charge in [0.05, 0.1) is 12.3 Å². The Hall–Kier alpha value is -2.93. The summed E-state index contributed by atoms with van der Waals surface area (Å²) in [5, 5.41) is 13.1. The van der Waals surface area contributed by atoms with Crippen molar-refractivity contribution in [3.05, 3.63) is 59.9 Å². The molecule has 0 amide bonds. The second-order valence-electron chi connectivity index (χ2n) is 6.99. The van der Waals surface area contributed by atoms with E-state index < -0.39 is 0 Å². The third kappa shape index (κ3) is 4.31. The van der Waals surface area contributed by atoms with Crippen molar-refractivity contribution in [3.8, 4) is 11.6 Å². The summed E-state index contributed by atoms with van der Waals surface area (Å²) in [4.78, 5) is 4.76. The third-order valence-electron chi connectivity index (χ3n) is 4.93. The van der Waals surface area contributed by atoms with E-state index in [1.54, 1.807) is 4.68 Å². The van der Waals surface area contributed by atoms with Crippen molar-refractivity contribution in [2.45, 2.75) is 20.4 Å². The van der Waals surface area contributed by atoms with E-state index in [1.165, 1.54) is 5.56 Å². The van der Waals surface area contributed by atoms with Crippen LogP contribution in [0.5, 0.6) is 5.75 Å². The van der Waals surface area contributed by atoms with Gasteiger partial charge in [0.25, 0.3) is 0 Å². The Bertz CT molecular complexity index is 882. The normalized spacial score (nSPS) is 15.0. The van der Waals surface area contributed by atoms with Crippen LogP contribution in [0.1, 0.15) is 18.2 Å². The van der Waals surface area contributed by atoms with Crippen molar-refractivity contribution in [3.63, 3.8) is 0 Å². The molecule has 0 spiro atoms. The molecule has 0 bridgehead atoms. The number of benzene rings is 1. The molecule has 0 N–H and O–H groups in total. The van der Waals surface area contributed by atoms with Crippen molar-refractivity contribution in [1.29, 1.82) is 0 Å². The molecule has 0 radical (unpaired) electrons. The van der Waals surface area contributed by atoms with Gasteiger partial charge >= 0.3 is 0 Å². The summed E-state index contributed by atoms with van der Waals surface area (Å²) in [7, 11) is 0. The predicted molar refractivity (Wildman–Crippen MR) is 109 cm³/mol. The highest BCUT2D eigenvalue weighted by Crippen LogP contribution is 2.17. The zero-order chi connectivity index (χ0) is 19.3. The number of rotatable bonds is 6. The van der Waals surface area contributed by atoms with E-state index in [2.05, 4.69) is 37.2 Å². The fourth-order valence-corrected chi connectivity index (χ4v) is 3.40. The molecule has 0 aliphatic carbocycles. The summed E-state index contributed by atoms with van der Waals surface area (Å²) in [5.41, 5.74) is 2.28. The molecule has 28 heavy (non-hydrogen) atoms. The van der Waals surface area contributed by atoms with Crippen molar-refractivity contribution in [1.82, 2.24) is 24.9 Å². The summed E-state index contributed by atoms with van der Waals surface area (Å²) in [6.07, 6.45) is 1.90. The number of nitrogens with zero attached hydrogens (tertiary/aromatic N) is 6. The van der Waals surface area contributed by atoms with Crippen LogP contribution in [0.3, 0.4) is 0 Å². The van der Waals surface area contributed by atoms with Crippen LogP contribution in [0.25, 0.3) is 5.82 Å². The number of anilines is 1. The lowest BCUT2D eigenvalue weighted by atomic mass is 10.2. The maximum atomic E-state index is 5.51. The van der Waals surface area contributed by atoms with E-state index in [0.29, 0.717) is 6.61 Å². The molecular formula is C21H26N6O. The molecule has 0 saturated carbocycles. The van der Waals surface area contributed by atoms with Crippen molar-refractivity contribution < 1.29 is 4.74 Å². The topological polar surface area (TPSA) is 59.3 Å². The Morgan fingerprint density at radius 2 is 1.61 bits per heavy atom. The van der Waals surface area contributed by atoms with Crippen molar-refractivity contribution in [2.24, 2.45) is 0 Å². The van der Waals surface area contributed by atoms with E-state index in [0.717, 1.165) is 55.8 Å². The van der Waals surface area contributed by atoms with Crippen LogP contribution in [0.15, 0.2) is 48.7 Å². The van der Waals surface area contributed by atoms with Crippen molar-refractivity contribution in [2.75, 3.05) is 37.7 Å². The fourth-order valence-electron chi connectivity index (χ4n) is 3.40. The molecule has 146 valence electrons. The van der Waals surface area contributed by atoms with Gasteiger partial charge in [-0.05, 0) is 49.7 Å². The highest BCUT2D eigenvalue weighted by Gasteiger charge is 2.18. The van der Waals surface area contributed by atoms with Gasteiger partial charge in [-0.15, -0.1) is 10.2 Å². The predicted octanol–water partition coefficient (Wildman–Crippen LogP) is 2.69. The van der Waals surface area contributed by atoms with Gasteiger partial charge in [0.1, 0.15) is 5.75 Å². The molecule has 1 aromatic carbocycles. The Kier molecular flexibility index (Phi) is 5.53. The van der Waals surface area contributed by atoms with Crippen LogP contribution in [0.2, 0.25) is 0 Å². The molecule has 1 aliphatic heterocycles. The van der Waals surface area contributed by atoms with Gasteiger partial charge in [0.2, 0.25) is 0 Å². The average Bonchev–Trinajstić information content (AvgIpc) is 3.17. The van der Waals surface area contributed by atoms with E-state index in [4.69, 9.17) is 4.74 Å². The van der Waals surface area contributed by atoms with Crippen LogP contribution in [-0.4, -0.2) is 57.7 Å². The van der Waals surface area contributed by atoms with E-state index in [-0.39, 0.29) is 0 Å². The molecule has 4 rings (SSSR count). The van der Waals surface area contributed by atoms with Gasteiger partial charge in [-0.2, -0.15) is 5.10 Å². The molecule has 3 heterocycles. The third-order valence-corrected chi connectivity index (χ3v) is 4.93. The van der Waals surface area contributed by atoms with Gasteiger partial charge in [0.15, 0.2) is 11.6 Å². The highest BCUT2D eigenvalue weighted by atomic mass is 16.5. The second kappa shape index (κ2) is 8.39. The first-order valence-electron chi connectivity index (χ1n) is 9.76. The maximum Gasteiger partial charge on any atom is 0.175 e. The van der Waals surface area contributed by atoms with Crippen LogP contribution in [0.4, 0.5) is 5.82 Å². The SMILES string of the molecule is CCOc1ccc(CN2CCN(c3ccc(-n4ccc(C)n4)nn3)CC2)cc1. The van der Waals surface area contributed by atoms with Gasteiger partial charge in [-0.3, -0.25) is 4.90 Å². The maximum absolute atomic E-state index is 5.51. The van der Waals surface area contributed by atoms with Gasteiger partial charge in [-0.25, -0.2) is 4.68 Å². The first-order valence-corrected chi connectivity index (χ1v) is 9.76. The lowest BCUT2D eigenvalue weighted by molar-refractivity contribution is 0.249. The van der Waals surface area contributed by atoms with Crippen LogP contribution >= 0.6 is 0 Å². The summed E-state index contributed by atoms with van der Waals surface area (Å²) < 4.78 is 7.26. The zero-order valence-electron chi connectivity index (χ0n) is 16.5. The van der Waals surface area contributed by atoms with Crippen LogP contribution in [0, 0.1) is 6.92 Å². The number of aromatic nitrogens is 4. The van der Waals surface area contributed by atoms with Crippen LogP contribution in [-0.2, 0) is 6.54 Å². The van der Waals surface area contributed by atoms with E-state index in [9.17, 15) is 0 Å². The van der Waals surface area contributed by atoms with E-state index >= 15 is 0 Å². The molecule has 1 saturated heterocycles. The zero-order valence-corrected chi connectivity index (χ0v) is 16.5. The molecule has 1 fully saturated rings. The minimum atomic E-state index is 0.701. The first kappa shape index (κ1) is 18.4. The van der Waals surface area contributed by atoms with Gasteiger partial charge in [-0.1, -0.05) is 12.1 Å². The quantitative estimate of drug-likeness (QED) is 0.657. The lowest BCUT2D eigenvalue weighted by Gasteiger charge is -2.35. The molecule has 7 nitrogen and oxygen atoms in total. The molecule has 3 aromatic rings. The monoisotopic (exact) mass is 378 g/mol. The Labute approximate surface area is 165 Å². The lowest BCUT2D eigenvalue weighted by Crippen LogP contribution is -2.46. The molecule has 7 heteroatoms.